The van der Waals surface area contributed by atoms with Gasteiger partial charge in [-0.2, -0.15) is 0 Å². The van der Waals surface area contributed by atoms with Crippen LogP contribution in [0.15, 0.2) is 24.3 Å². The first-order valence-corrected chi connectivity index (χ1v) is 5.57. The Morgan fingerprint density at radius 3 is 2.93 bits per heavy atom. The summed E-state index contributed by atoms with van der Waals surface area (Å²) in [6.45, 7) is 7.29. The zero-order chi connectivity index (χ0) is 10.7. The lowest BCUT2D eigenvalue weighted by Gasteiger charge is -2.13. The molecule has 0 bridgehead atoms. The summed E-state index contributed by atoms with van der Waals surface area (Å²) in [5.74, 6) is 1.59. The van der Waals surface area contributed by atoms with Crippen LogP contribution in [0.3, 0.4) is 0 Å². The molecule has 0 spiro atoms. The smallest absolute Gasteiger partial charge is 0.119 e. The standard InChI is InChI=1S/C13H18NO/c1-10(2)15-13-5-3-4-11(8-13)12-6-7-14-9-12/h3-5,7-8,10,12,14H,6,9H2,1-2H3/t12-/m1/s1. The van der Waals surface area contributed by atoms with Crippen LogP contribution in [-0.2, 0) is 0 Å². The molecule has 2 rings (SSSR count). The summed E-state index contributed by atoms with van der Waals surface area (Å²) in [7, 11) is 0. The van der Waals surface area contributed by atoms with Crippen molar-refractivity contribution in [3.8, 4) is 5.75 Å². The molecule has 1 aromatic carbocycles. The van der Waals surface area contributed by atoms with Gasteiger partial charge >= 0.3 is 0 Å². The van der Waals surface area contributed by atoms with Crippen molar-refractivity contribution in [1.29, 1.82) is 0 Å². The van der Waals surface area contributed by atoms with Crippen molar-refractivity contribution in [3.05, 3.63) is 36.4 Å². The highest BCUT2D eigenvalue weighted by molar-refractivity contribution is 5.32. The van der Waals surface area contributed by atoms with Gasteiger partial charge in [0.2, 0.25) is 0 Å². The van der Waals surface area contributed by atoms with E-state index in [4.69, 9.17) is 4.74 Å². The number of nitrogens with one attached hydrogen (secondary N) is 1. The van der Waals surface area contributed by atoms with Gasteiger partial charge in [0, 0.05) is 13.1 Å². The normalized spacial score (nSPS) is 20.9. The van der Waals surface area contributed by atoms with Crippen LogP contribution in [-0.4, -0.2) is 12.6 Å². The van der Waals surface area contributed by atoms with E-state index in [0.29, 0.717) is 5.92 Å². The molecular formula is C13H18NO. The van der Waals surface area contributed by atoms with E-state index in [9.17, 15) is 0 Å². The van der Waals surface area contributed by atoms with Crippen molar-refractivity contribution >= 4 is 0 Å². The fourth-order valence-electron chi connectivity index (χ4n) is 1.90. The number of benzene rings is 1. The fraction of sp³-hybridized carbons (Fsp3) is 0.462. The van der Waals surface area contributed by atoms with Gasteiger partial charge in [0.15, 0.2) is 0 Å². The second-order valence-electron chi connectivity index (χ2n) is 4.28. The van der Waals surface area contributed by atoms with Crippen LogP contribution in [0.25, 0.3) is 0 Å². The molecule has 1 aliphatic rings. The van der Waals surface area contributed by atoms with Crippen molar-refractivity contribution < 1.29 is 4.74 Å². The highest BCUT2D eigenvalue weighted by atomic mass is 16.5. The minimum Gasteiger partial charge on any atom is -0.491 e. The molecule has 1 heterocycles. The minimum absolute atomic E-state index is 0.244. The molecule has 1 fully saturated rings. The zero-order valence-corrected chi connectivity index (χ0v) is 9.36. The average molecular weight is 204 g/mol. The fourth-order valence-corrected chi connectivity index (χ4v) is 1.90. The molecule has 1 radical (unpaired) electrons. The lowest BCUT2D eigenvalue weighted by Crippen LogP contribution is -2.08. The molecule has 1 saturated heterocycles. The Morgan fingerprint density at radius 2 is 2.27 bits per heavy atom. The van der Waals surface area contributed by atoms with E-state index in [1.165, 1.54) is 5.56 Å². The lowest BCUT2D eigenvalue weighted by molar-refractivity contribution is 0.242. The predicted octanol–water partition coefficient (Wildman–Crippen LogP) is 2.71. The Morgan fingerprint density at radius 1 is 1.40 bits per heavy atom. The first kappa shape index (κ1) is 10.5. The topological polar surface area (TPSA) is 21.3 Å². The number of hydrogen-bond acceptors (Lipinski definition) is 2. The van der Waals surface area contributed by atoms with E-state index < -0.39 is 0 Å². The molecule has 0 aliphatic carbocycles. The molecule has 1 N–H and O–H groups in total. The summed E-state index contributed by atoms with van der Waals surface area (Å²) >= 11 is 0. The van der Waals surface area contributed by atoms with Crippen molar-refractivity contribution in [1.82, 2.24) is 5.32 Å². The SMILES string of the molecule is CC(C)Oc1cccc([C@@H]2C[CH]NC2)c1. The molecule has 0 amide bonds. The average Bonchev–Trinajstić information content (AvgIpc) is 2.69. The Labute approximate surface area is 91.6 Å². The zero-order valence-electron chi connectivity index (χ0n) is 9.36. The molecule has 2 nitrogen and oxygen atoms in total. The van der Waals surface area contributed by atoms with Crippen LogP contribution < -0.4 is 10.1 Å². The van der Waals surface area contributed by atoms with Gasteiger partial charge < -0.3 is 10.1 Å². The minimum atomic E-state index is 0.244. The summed E-state index contributed by atoms with van der Waals surface area (Å²) in [5, 5.41) is 3.27. The van der Waals surface area contributed by atoms with E-state index in [-0.39, 0.29) is 6.10 Å². The summed E-state index contributed by atoms with van der Waals surface area (Å²) in [6.07, 6.45) is 1.36. The van der Waals surface area contributed by atoms with E-state index in [0.717, 1.165) is 18.7 Å². The summed E-state index contributed by atoms with van der Waals surface area (Å²) in [5.41, 5.74) is 1.37. The molecule has 15 heavy (non-hydrogen) atoms. The molecule has 81 valence electrons. The number of hydrogen-bond donors (Lipinski definition) is 1. The van der Waals surface area contributed by atoms with Crippen LogP contribution in [0.4, 0.5) is 0 Å². The second-order valence-corrected chi connectivity index (χ2v) is 4.28. The Kier molecular flexibility index (Phi) is 3.27. The summed E-state index contributed by atoms with van der Waals surface area (Å²) in [4.78, 5) is 0. The van der Waals surface area contributed by atoms with Crippen molar-refractivity contribution in [2.45, 2.75) is 32.3 Å². The van der Waals surface area contributed by atoms with Crippen molar-refractivity contribution in [2.75, 3.05) is 6.54 Å². The van der Waals surface area contributed by atoms with Gasteiger partial charge in [0.05, 0.1) is 6.10 Å². The van der Waals surface area contributed by atoms with Crippen molar-refractivity contribution in [3.63, 3.8) is 0 Å². The number of rotatable bonds is 3. The Bertz CT molecular complexity index is 316. The van der Waals surface area contributed by atoms with Crippen LogP contribution >= 0.6 is 0 Å². The van der Waals surface area contributed by atoms with Crippen LogP contribution in [0.1, 0.15) is 31.7 Å². The monoisotopic (exact) mass is 204 g/mol. The van der Waals surface area contributed by atoms with Crippen molar-refractivity contribution in [2.24, 2.45) is 0 Å². The van der Waals surface area contributed by atoms with Crippen LogP contribution in [0, 0.1) is 6.54 Å². The first-order valence-electron chi connectivity index (χ1n) is 5.57. The molecule has 1 atom stereocenters. The predicted molar refractivity (Wildman–Crippen MR) is 61.9 cm³/mol. The van der Waals surface area contributed by atoms with E-state index in [2.05, 4.69) is 43.9 Å². The molecule has 2 heteroatoms. The van der Waals surface area contributed by atoms with E-state index in [1.54, 1.807) is 0 Å². The van der Waals surface area contributed by atoms with Crippen LogP contribution in [0.2, 0.25) is 0 Å². The largest absolute Gasteiger partial charge is 0.491 e. The highest BCUT2D eigenvalue weighted by Crippen LogP contribution is 2.27. The highest BCUT2D eigenvalue weighted by Gasteiger charge is 2.17. The van der Waals surface area contributed by atoms with Gasteiger partial charge in [-0.1, -0.05) is 12.1 Å². The third-order valence-corrected chi connectivity index (χ3v) is 2.61. The summed E-state index contributed by atoms with van der Waals surface area (Å²) < 4.78 is 5.68. The van der Waals surface area contributed by atoms with Gasteiger partial charge in [0.25, 0.3) is 0 Å². The lowest BCUT2D eigenvalue weighted by atomic mass is 9.98. The second kappa shape index (κ2) is 4.67. The summed E-state index contributed by atoms with van der Waals surface area (Å²) in [6, 6.07) is 8.44. The quantitative estimate of drug-likeness (QED) is 0.817. The van der Waals surface area contributed by atoms with Gasteiger partial charge in [0.1, 0.15) is 5.75 Å². The molecule has 1 aliphatic heterocycles. The maximum Gasteiger partial charge on any atom is 0.119 e. The van der Waals surface area contributed by atoms with Gasteiger partial charge in [-0.25, -0.2) is 0 Å². The van der Waals surface area contributed by atoms with Gasteiger partial charge in [-0.05, 0) is 43.9 Å². The van der Waals surface area contributed by atoms with Gasteiger partial charge in [-0.15, -0.1) is 0 Å². The molecule has 0 aromatic heterocycles. The van der Waals surface area contributed by atoms with Crippen LogP contribution in [0.5, 0.6) is 5.75 Å². The maximum atomic E-state index is 5.68. The molecular weight excluding hydrogens is 186 g/mol. The first-order chi connectivity index (χ1) is 7.25. The Hall–Kier alpha value is -1.02. The Balaban J connectivity index is 2.11. The number of ether oxygens (including phenoxy) is 1. The van der Waals surface area contributed by atoms with Gasteiger partial charge in [-0.3, -0.25) is 0 Å². The maximum absolute atomic E-state index is 5.68. The van der Waals surface area contributed by atoms with E-state index in [1.807, 2.05) is 6.07 Å². The molecule has 0 unspecified atom stereocenters. The third-order valence-electron chi connectivity index (χ3n) is 2.61. The van der Waals surface area contributed by atoms with E-state index >= 15 is 0 Å². The molecule has 0 saturated carbocycles. The molecule has 1 aromatic rings. The third kappa shape index (κ3) is 2.72.